The average Bonchev–Trinajstić information content (AvgIpc) is 3.17. The van der Waals surface area contributed by atoms with Crippen molar-refractivity contribution in [2.75, 3.05) is 0 Å². The first-order chi connectivity index (χ1) is 9.04. The number of hydrogen-bond donors (Lipinski definition) is 0. The van der Waals surface area contributed by atoms with Gasteiger partial charge in [-0.2, -0.15) is 0 Å². The van der Waals surface area contributed by atoms with Gasteiger partial charge in [0.1, 0.15) is 0 Å². The van der Waals surface area contributed by atoms with E-state index in [1.54, 1.807) is 5.57 Å². The fraction of sp³-hybridized carbons (Fsp3) is 0.647. The van der Waals surface area contributed by atoms with Gasteiger partial charge in [0.15, 0.2) is 0 Å². The number of nitrogens with zero attached hydrogens (tertiary/aromatic N) is 2. The minimum Gasteiger partial charge on any atom is -0.257 e. The van der Waals surface area contributed by atoms with Gasteiger partial charge in [-0.3, -0.25) is 4.98 Å². The molecule has 0 aliphatic heterocycles. The van der Waals surface area contributed by atoms with Crippen LogP contribution in [0.15, 0.2) is 11.8 Å². The van der Waals surface area contributed by atoms with Gasteiger partial charge in [0.25, 0.3) is 0 Å². The number of hydrogen-bond acceptors (Lipinski definition) is 2. The summed E-state index contributed by atoms with van der Waals surface area (Å²) >= 11 is 0. The first kappa shape index (κ1) is 14.2. The number of allylic oxidation sites excluding steroid dienone is 2. The zero-order chi connectivity index (χ0) is 14.0. The summed E-state index contributed by atoms with van der Waals surface area (Å²) in [6.45, 7) is 11.0. The third-order valence-electron chi connectivity index (χ3n) is 3.88. The third-order valence-corrected chi connectivity index (χ3v) is 3.88. The Morgan fingerprint density at radius 2 is 2.00 bits per heavy atom. The Morgan fingerprint density at radius 1 is 1.32 bits per heavy atom. The molecule has 0 bridgehead atoms. The molecule has 1 heterocycles. The summed E-state index contributed by atoms with van der Waals surface area (Å²) in [7, 11) is 0. The molecular weight excluding hydrogens is 232 g/mol. The second-order valence-electron chi connectivity index (χ2n) is 6.06. The molecule has 0 aromatic carbocycles. The van der Waals surface area contributed by atoms with Gasteiger partial charge >= 0.3 is 0 Å². The van der Waals surface area contributed by atoms with Crippen LogP contribution in [-0.4, -0.2) is 9.97 Å². The van der Waals surface area contributed by atoms with E-state index in [9.17, 15) is 0 Å². The van der Waals surface area contributed by atoms with Gasteiger partial charge in [-0.05, 0) is 50.5 Å². The van der Waals surface area contributed by atoms with E-state index in [1.807, 2.05) is 13.1 Å². The van der Waals surface area contributed by atoms with Gasteiger partial charge in [0.05, 0.1) is 17.1 Å². The molecule has 2 heteroatoms. The SMILES string of the molecule is CCC/C(=C(\c1nc(C)cnc1C)C1CC1)C(C)C. The van der Waals surface area contributed by atoms with Crippen molar-refractivity contribution in [2.45, 2.75) is 60.3 Å². The first-order valence-electron chi connectivity index (χ1n) is 7.58. The van der Waals surface area contributed by atoms with Crippen molar-refractivity contribution in [3.8, 4) is 0 Å². The predicted octanol–water partition coefficient (Wildman–Crippen LogP) is 4.71. The van der Waals surface area contributed by atoms with E-state index < -0.39 is 0 Å². The van der Waals surface area contributed by atoms with Crippen LogP contribution in [0.2, 0.25) is 0 Å². The molecular formula is C17H26N2. The lowest BCUT2D eigenvalue weighted by molar-refractivity contribution is 0.697. The highest BCUT2D eigenvalue weighted by atomic mass is 14.8. The molecule has 1 aliphatic rings. The molecule has 1 saturated carbocycles. The summed E-state index contributed by atoms with van der Waals surface area (Å²) in [5, 5.41) is 0. The summed E-state index contributed by atoms with van der Waals surface area (Å²) in [6.07, 6.45) is 6.92. The van der Waals surface area contributed by atoms with E-state index in [-0.39, 0.29) is 0 Å². The predicted molar refractivity (Wildman–Crippen MR) is 80.9 cm³/mol. The van der Waals surface area contributed by atoms with E-state index in [0.717, 1.165) is 17.3 Å². The molecule has 0 unspecified atom stereocenters. The zero-order valence-electron chi connectivity index (χ0n) is 13.0. The Kier molecular flexibility index (Phi) is 4.38. The van der Waals surface area contributed by atoms with Gasteiger partial charge in [-0.25, -0.2) is 4.98 Å². The van der Waals surface area contributed by atoms with Crippen LogP contribution in [0.3, 0.4) is 0 Å². The van der Waals surface area contributed by atoms with Crippen molar-refractivity contribution in [1.29, 1.82) is 0 Å². The van der Waals surface area contributed by atoms with Crippen LogP contribution < -0.4 is 0 Å². The zero-order valence-corrected chi connectivity index (χ0v) is 13.0. The third kappa shape index (κ3) is 3.23. The molecule has 0 atom stereocenters. The van der Waals surface area contributed by atoms with Crippen molar-refractivity contribution in [1.82, 2.24) is 9.97 Å². The first-order valence-corrected chi connectivity index (χ1v) is 7.58. The lowest BCUT2D eigenvalue weighted by Crippen LogP contribution is -2.06. The van der Waals surface area contributed by atoms with Crippen LogP contribution in [0.25, 0.3) is 5.57 Å². The van der Waals surface area contributed by atoms with Gasteiger partial charge in [0.2, 0.25) is 0 Å². The molecule has 2 rings (SSSR count). The summed E-state index contributed by atoms with van der Waals surface area (Å²) in [5.41, 5.74) is 6.40. The summed E-state index contributed by atoms with van der Waals surface area (Å²) in [6, 6.07) is 0. The lowest BCUT2D eigenvalue weighted by Gasteiger charge is -2.19. The van der Waals surface area contributed by atoms with E-state index in [4.69, 9.17) is 4.98 Å². The standard InChI is InChI=1S/C17H26N2/c1-6-7-15(11(2)3)16(14-8-9-14)17-13(5)18-10-12(4)19-17/h10-11,14H,6-9H2,1-5H3/b16-15+. The van der Waals surface area contributed by atoms with Gasteiger partial charge in [-0.1, -0.05) is 32.8 Å². The molecule has 2 nitrogen and oxygen atoms in total. The monoisotopic (exact) mass is 258 g/mol. The maximum atomic E-state index is 4.80. The number of aromatic nitrogens is 2. The molecule has 0 N–H and O–H groups in total. The molecule has 104 valence electrons. The molecule has 0 saturated heterocycles. The summed E-state index contributed by atoms with van der Waals surface area (Å²) < 4.78 is 0. The van der Waals surface area contributed by atoms with Crippen LogP contribution in [0.4, 0.5) is 0 Å². The summed E-state index contributed by atoms with van der Waals surface area (Å²) in [4.78, 5) is 9.31. The smallest absolute Gasteiger partial charge is 0.0879 e. The largest absolute Gasteiger partial charge is 0.257 e. The maximum absolute atomic E-state index is 4.80. The van der Waals surface area contributed by atoms with Gasteiger partial charge in [-0.15, -0.1) is 0 Å². The van der Waals surface area contributed by atoms with Crippen molar-refractivity contribution >= 4 is 5.57 Å². The second-order valence-corrected chi connectivity index (χ2v) is 6.06. The van der Waals surface area contributed by atoms with E-state index in [0.29, 0.717) is 5.92 Å². The molecule has 0 radical (unpaired) electrons. The summed E-state index contributed by atoms with van der Waals surface area (Å²) in [5.74, 6) is 1.34. The van der Waals surface area contributed by atoms with Gasteiger partial charge < -0.3 is 0 Å². The minimum absolute atomic E-state index is 0.609. The van der Waals surface area contributed by atoms with E-state index in [1.165, 1.54) is 37.0 Å². The normalized spacial score (nSPS) is 16.7. The average molecular weight is 258 g/mol. The van der Waals surface area contributed by atoms with E-state index in [2.05, 4.69) is 32.7 Å². The van der Waals surface area contributed by atoms with Gasteiger partial charge in [0, 0.05) is 6.20 Å². The molecule has 1 aromatic heterocycles. The highest BCUT2D eigenvalue weighted by Gasteiger charge is 2.31. The Morgan fingerprint density at radius 3 is 2.53 bits per heavy atom. The van der Waals surface area contributed by atoms with Crippen molar-refractivity contribution < 1.29 is 0 Å². The Balaban J connectivity index is 2.55. The number of rotatable bonds is 5. The number of aryl methyl sites for hydroxylation is 2. The Bertz CT molecular complexity index is 482. The van der Waals surface area contributed by atoms with Crippen LogP contribution in [0, 0.1) is 25.7 Å². The minimum atomic E-state index is 0.609. The molecule has 19 heavy (non-hydrogen) atoms. The molecule has 1 aliphatic carbocycles. The van der Waals surface area contributed by atoms with Crippen LogP contribution in [-0.2, 0) is 0 Å². The quantitative estimate of drug-likeness (QED) is 0.764. The molecule has 0 amide bonds. The highest BCUT2D eigenvalue weighted by Crippen LogP contribution is 2.45. The second kappa shape index (κ2) is 5.85. The van der Waals surface area contributed by atoms with Crippen molar-refractivity contribution in [2.24, 2.45) is 11.8 Å². The van der Waals surface area contributed by atoms with Crippen molar-refractivity contribution in [3.63, 3.8) is 0 Å². The molecule has 1 aromatic rings. The van der Waals surface area contributed by atoms with Crippen LogP contribution in [0.5, 0.6) is 0 Å². The Labute approximate surface area is 117 Å². The lowest BCUT2D eigenvalue weighted by atomic mass is 9.88. The van der Waals surface area contributed by atoms with E-state index >= 15 is 0 Å². The topological polar surface area (TPSA) is 25.8 Å². The molecule has 1 fully saturated rings. The molecule has 0 spiro atoms. The van der Waals surface area contributed by atoms with Crippen LogP contribution >= 0.6 is 0 Å². The Hall–Kier alpha value is -1.18. The van der Waals surface area contributed by atoms with Crippen LogP contribution in [0.1, 0.15) is 63.5 Å². The highest BCUT2D eigenvalue weighted by molar-refractivity contribution is 5.71. The maximum Gasteiger partial charge on any atom is 0.0879 e. The van der Waals surface area contributed by atoms with Crippen molar-refractivity contribution in [3.05, 3.63) is 28.9 Å². The fourth-order valence-electron chi connectivity index (χ4n) is 2.78. The fourth-order valence-corrected chi connectivity index (χ4v) is 2.78.